The normalized spacial score (nSPS) is 15.2. The minimum Gasteiger partial charge on any atom is -0.508 e. The van der Waals surface area contributed by atoms with E-state index in [4.69, 9.17) is 5.73 Å². The van der Waals surface area contributed by atoms with E-state index in [1.54, 1.807) is 38.3 Å². The number of aromatic amines is 1. The molecule has 0 fully saturated rings. The number of aliphatic carboxylic acids is 2. The van der Waals surface area contributed by atoms with Gasteiger partial charge in [0.2, 0.25) is 83.1 Å². The standard InChI is InChI=1S/C67H97N16O24/c1-32(2)20-39(27-84)72-57(98)43(22-37-14-16-40(90)17-15-37)73-60(101)46(28-85)76-62(103)48(30-87)77-63(104)52(33(3)4)81-59(100)45(24-51(94)95)74-61(102)47(29-86)78-65(106)54(35(6)89)82-58(99)44(21-36-12-10-9-11-13-36)75-64(105)53(34(5)88)80-49(91)26-70-56(97)42(18-19-50(92)93)79-66(107)67(7,8)83-55(96)41(68)23-38-25-69-31-71-38/h9-17,25,31-35,39,41-48,52-54,85-90H,18-24,26,28-30,68H2,1-8H3,(H,69,71)(H,70,97)(H,72,98)(H,73,101)(H,74,102)(H,75,105)(H,76,103)(H,77,104)(H,78,106)(H,79,107)(H,80,91)(H,81,100)(H,82,99)(H,83,96)(H,92,93)(H,94,95)/t34-,35-,39+,41+,42+,43+,44+,45+,46+,47+,48+,52+,53+,54+/m1/s1. The van der Waals surface area contributed by atoms with Gasteiger partial charge in [0.05, 0.1) is 69.1 Å². The van der Waals surface area contributed by atoms with E-state index in [-0.39, 0.29) is 37.4 Å². The first kappa shape index (κ1) is 90.1. The second kappa shape index (κ2) is 44.0. The summed E-state index contributed by atoms with van der Waals surface area (Å²) >= 11 is 0. The molecule has 2 aromatic carbocycles. The van der Waals surface area contributed by atoms with Crippen LogP contribution in [0, 0.1) is 11.8 Å². The number of aliphatic hydroxyl groups is 5. The van der Waals surface area contributed by atoms with Crippen LogP contribution in [-0.2, 0) is 96.0 Å². The number of phenols is 1. The fourth-order valence-corrected chi connectivity index (χ4v) is 10.0. The van der Waals surface area contributed by atoms with Crippen molar-refractivity contribution < 1.29 is 118 Å². The lowest BCUT2D eigenvalue weighted by Crippen LogP contribution is -2.63. The Hall–Kier alpha value is -11.1. The van der Waals surface area contributed by atoms with Crippen LogP contribution >= 0.6 is 0 Å². The van der Waals surface area contributed by atoms with Gasteiger partial charge in [-0.05, 0) is 75.6 Å². The van der Waals surface area contributed by atoms with Gasteiger partial charge in [-0.3, -0.25) is 76.7 Å². The van der Waals surface area contributed by atoms with Crippen LogP contribution in [0.15, 0.2) is 67.1 Å². The molecule has 40 nitrogen and oxygen atoms in total. The Labute approximate surface area is 613 Å². The average molecular weight is 1510 g/mol. The van der Waals surface area contributed by atoms with Crippen molar-refractivity contribution in [3.63, 3.8) is 0 Å². The van der Waals surface area contributed by atoms with E-state index in [9.17, 15) is 118 Å². The summed E-state index contributed by atoms with van der Waals surface area (Å²) in [6.07, 6.45) is -1.90. The predicted octanol–water partition coefficient (Wildman–Crippen LogP) is -8.30. The number of phenolic OH excluding ortho intramolecular Hbond substituents is 1. The number of benzene rings is 2. The van der Waals surface area contributed by atoms with E-state index >= 15 is 0 Å². The molecule has 1 aromatic heterocycles. The smallest absolute Gasteiger partial charge is 0.305 e. The minimum absolute atomic E-state index is 0.0148. The predicted molar refractivity (Wildman–Crippen MR) is 372 cm³/mol. The van der Waals surface area contributed by atoms with Crippen LogP contribution in [0.4, 0.5) is 0 Å². The van der Waals surface area contributed by atoms with Crippen LogP contribution in [-0.4, -0.2) is 262 Å². The summed E-state index contributed by atoms with van der Waals surface area (Å²) in [5.41, 5.74) is 5.48. The lowest BCUT2D eigenvalue weighted by atomic mass is 10.0. The molecule has 1 heterocycles. The van der Waals surface area contributed by atoms with Crippen molar-refractivity contribution in [2.75, 3.05) is 26.4 Å². The minimum atomic E-state index is -2.13. The fraction of sp³-hybridized carbons (Fsp3) is 0.537. The Morgan fingerprint density at radius 3 is 1.43 bits per heavy atom. The molecule has 0 saturated heterocycles. The molecule has 1 radical (unpaired) electrons. The summed E-state index contributed by atoms with van der Waals surface area (Å²) in [4.78, 5) is 220. The number of carbonyl (C=O) groups is 15. The van der Waals surface area contributed by atoms with Gasteiger partial charge in [-0.25, -0.2) is 4.98 Å². The van der Waals surface area contributed by atoms with E-state index in [2.05, 4.69) is 73.8 Å². The highest BCUT2D eigenvalue weighted by Gasteiger charge is 2.40. The van der Waals surface area contributed by atoms with E-state index in [1.165, 1.54) is 76.6 Å². The summed E-state index contributed by atoms with van der Waals surface area (Å²) in [6, 6.07) is -7.58. The molecule has 0 aliphatic carbocycles. The molecule has 24 N–H and O–H groups in total. The topological polar surface area (TPSA) is 646 Å². The third kappa shape index (κ3) is 30.9. The quantitative estimate of drug-likeness (QED) is 0.0250. The number of rotatable bonds is 46. The van der Waals surface area contributed by atoms with Crippen molar-refractivity contribution in [3.05, 3.63) is 83.9 Å². The number of aromatic hydroxyl groups is 1. The summed E-state index contributed by atoms with van der Waals surface area (Å²) in [5.74, 6) is -19.4. The molecule has 0 saturated carbocycles. The van der Waals surface area contributed by atoms with E-state index in [0.717, 1.165) is 13.8 Å². The van der Waals surface area contributed by atoms with Crippen molar-refractivity contribution in [1.29, 1.82) is 0 Å². The molecule has 107 heavy (non-hydrogen) atoms. The molecule has 0 bridgehead atoms. The molecular weight excluding hydrogens is 1410 g/mol. The van der Waals surface area contributed by atoms with Crippen LogP contribution in [0.3, 0.4) is 0 Å². The van der Waals surface area contributed by atoms with Gasteiger partial charge in [0.1, 0.15) is 71.7 Å². The Balaban J connectivity index is 1.76. The maximum atomic E-state index is 14.2. The number of carboxylic acids is 2. The van der Waals surface area contributed by atoms with Crippen LogP contribution in [0.25, 0.3) is 0 Å². The third-order valence-corrected chi connectivity index (χ3v) is 16.0. The number of aromatic nitrogens is 2. The maximum absolute atomic E-state index is 14.2. The Morgan fingerprint density at radius 2 is 0.963 bits per heavy atom. The molecule has 0 aliphatic rings. The third-order valence-electron chi connectivity index (χ3n) is 16.0. The fourth-order valence-electron chi connectivity index (χ4n) is 10.0. The molecule has 14 atom stereocenters. The van der Waals surface area contributed by atoms with Gasteiger partial charge >= 0.3 is 11.9 Å². The highest BCUT2D eigenvalue weighted by Crippen LogP contribution is 2.15. The van der Waals surface area contributed by atoms with E-state index in [1.807, 2.05) is 5.32 Å². The van der Waals surface area contributed by atoms with Crippen molar-refractivity contribution in [2.24, 2.45) is 17.6 Å². The van der Waals surface area contributed by atoms with Crippen LogP contribution in [0.5, 0.6) is 5.75 Å². The zero-order valence-corrected chi connectivity index (χ0v) is 60.0. The first-order valence-electron chi connectivity index (χ1n) is 33.7. The summed E-state index contributed by atoms with van der Waals surface area (Å²) < 4.78 is 0. The SMILES string of the molecule is CC(C)C[C@@H]([C]=O)NC(=O)[C@H](Cc1ccc(O)cc1)NC(=O)[C@H](CO)NC(=O)[C@H](CO)NC(=O)[C@@H](NC(=O)[C@H](CC(=O)O)NC(=O)[C@H](CO)NC(=O)[C@@H](NC(=O)[C@H](Cc1ccccc1)NC(=O)[C@@H](NC(=O)CNC(=O)[C@H](CCC(=O)O)NC(=O)C(C)(C)NC(=O)[C@@H](N)Cc1c[nH]cn1)[C@@H](C)O)[C@@H](C)O)C(C)C. The van der Waals surface area contributed by atoms with Crippen molar-refractivity contribution in [2.45, 2.75) is 191 Å². The highest BCUT2D eigenvalue weighted by molar-refractivity contribution is 6.01. The van der Waals surface area contributed by atoms with Crippen molar-refractivity contribution >= 4 is 95.0 Å². The van der Waals surface area contributed by atoms with Gasteiger partial charge in [-0.15, -0.1) is 0 Å². The second-order valence-electron chi connectivity index (χ2n) is 26.3. The molecule has 3 rings (SSSR count). The molecule has 40 heteroatoms. The van der Waals surface area contributed by atoms with Gasteiger partial charge in [0.25, 0.3) is 0 Å². The molecule has 3 aromatic rings. The number of nitrogens with one attached hydrogen (secondary N) is 14. The first-order valence-corrected chi connectivity index (χ1v) is 33.7. The van der Waals surface area contributed by atoms with E-state index in [0.29, 0.717) is 16.8 Å². The molecule has 0 aliphatic heterocycles. The Morgan fingerprint density at radius 1 is 0.514 bits per heavy atom. The molecule has 589 valence electrons. The molecule has 0 unspecified atom stereocenters. The number of H-pyrrole nitrogens is 1. The van der Waals surface area contributed by atoms with Crippen molar-refractivity contribution in [1.82, 2.24) is 79.1 Å². The number of carboxylic acid groups (broad SMARTS) is 2. The number of nitrogens with zero attached hydrogens (tertiary/aromatic N) is 1. The number of carbonyl (C=O) groups excluding carboxylic acids is 14. The molecule has 13 amide bonds. The second-order valence-corrected chi connectivity index (χ2v) is 26.3. The average Bonchev–Trinajstić information content (AvgIpc) is 1.10. The van der Waals surface area contributed by atoms with Gasteiger partial charge < -0.3 is 121 Å². The lowest BCUT2D eigenvalue weighted by Gasteiger charge is -2.29. The number of imidazole rings is 1. The zero-order valence-electron chi connectivity index (χ0n) is 60.0. The van der Waals surface area contributed by atoms with Gasteiger partial charge in [-0.2, -0.15) is 0 Å². The monoisotopic (exact) mass is 1510 g/mol. The lowest BCUT2D eigenvalue weighted by molar-refractivity contribution is -0.142. The van der Waals surface area contributed by atoms with Crippen LogP contribution in [0.2, 0.25) is 0 Å². The van der Waals surface area contributed by atoms with Gasteiger partial charge in [-0.1, -0.05) is 70.2 Å². The summed E-state index contributed by atoms with van der Waals surface area (Å²) in [7, 11) is 0. The largest absolute Gasteiger partial charge is 0.508 e. The first-order chi connectivity index (χ1) is 50.2. The number of aliphatic hydroxyl groups excluding tert-OH is 5. The number of hydrogen-bond acceptors (Lipinski definition) is 24. The van der Waals surface area contributed by atoms with Crippen molar-refractivity contribution in [3.8, 4) is 5.75 Å². The van der Waals surface area contributed by atoms with E-state index < -0.39 is 231 Å². The number of nitrogens with two attached hydrogens (primary N) is 1. The number of amides is 13. The summed E-state index contributed by atoms with van der Waals surface area (Å²) in [6.45, 7) is 6.37. The Bertz CT molecular complexity index is 3540. The summed E-state index contributed by atoms with van der Waals surface area (Å²) in [5, 5.41) is 111. The molecular formula is C67H97N16O24. The van der Waals surface area contributed by atoms with Crippen LogP contribution < -0.4 is 74.9 Å². The Kier molecular flexibility index (Phi) is 37.1. The number of hydrogen-bond donors (Lipinski definition) is 23. The van der Waals surface area contributed by atoms with Gasteiger partial charge in [0, 0.05) is 31.9 Å². The maximum Gasteiger partial charge on any atom is 0.305 e. The zero-order chi connectivity index (χ0) is 80.6. The van der Waals surface area contributed by atoms with Gasteiger partial charge in [0.15, 0.2) is 0 Å². The molecule has 0 spiro atoms. The van der Waals surface area contributed by atoms with Crippen LogP contribution in [0.1, 0.15) is 97.9 Å². The highest BCUT2D eigenvalue weighted by atomic mass is 16.4.